The Bertz CT molecular complexity index is 292. The number of amides is 1. The summed E-state index contributed by atoms with van der Waals surface area (Å²) in [5.41, 5.74) is 0. The fourth-order valence-electron chi connectivity index (χ4n) is 3.60. The van der Waals surface area contributed by atoms with Crippen LogP contribution in [-0.2, 0) is 4.79 Å². The van der Waals surface area contributed by atoms with Gasteiger partial charge in [-0.1, -0.05) is 39.0 Å². The summed E-state index contributed by atoms with van der Waals surface area (Å²) in [6.45, 7) is 5.37. The van der Waals surface area contributed by atoms with Crippen molar-refractivity contribution < 1.29 is 4.79 Å². The molecule has 4 heteroatoms. The third-order valence-electron chi connectivity index (χ3n) is 4.95. The van der Waals surface area contributed by atoms with Crippen LogP contribution in [0.3, 0.4) is 0 Å². The lowest BCUT2D eigenvalue weighted by molar-refractivity contribution is -0.126. The fraction of sp³-hybridized carbons (Fsp3) is 0.938. The first-order valence-electron chi connectivity index (χ1n) is 8.20. The van der Waals surface area contributed by atoms with E-state index in [0.29, 0.717) is 12.1 Å². The molecule has 3 unspecified atom stereocenters. The summed E-state index contributed by atoms with van der Waals surface area (Å²) in [6.07, 6.45) is 10.2. The van der Waals surface area contributed by atoms with E-state index in [2.05, 4.69) is 24.5 Å². The summed E-state index contributed by atoms with van der Waals surface area (Å²) in [6, 6.07) is 0.745. The topological polar surface area (TPSA) is 41.1 Å². The van der Waals surface area contributed by atoms with Gasteiger partial charge in [0.05, 0.1) is 0 Å². The molecular formula is C16H31ClN2O. The van der Waals surface area contributed by atoms with Crippen molar-refractivity contribution in [1.82, 2.24) is 10.6 Å². The van der Waals surface area contributed by atoms with Crippen molar-refractivity contribution in [3.05, 3.63) is 0 Å². The van der Waals surface area contributed by atoms with Gasteiger partial charge >= 0.3 is 0 Å². The van der Waals surface area contributed by atoms with Crippen LogP contribution in [0.2, 0.25) is 0 Å². The van der Waals surface area contributed by atoms with Crippen LogP contribution >= 0.6 is 12.4 Å². The highest BCUT2D eigenvalue weighted by atomic mass is 35.5. The number of piperidine rings is 1. The van der Waals surface area contributed by atoms with Crippen LogP contribution in [0.25, 0.3) is 0 Å². The lowest BCUT2D eigenvalue weighted by Gasteiger charge is -2.32. The Morgan fingerprint density at radius 1 is 1.20 bits per heavy atom. The van der Waals surface area contributed by atoms with Crippen LogP contribution in [0.5, 0.6) is 0 Å². The Kier molecular flexibility index (Phi) is 7.90. The first kappa shape index (κ1) is 17.8. The predicted molar refractivity (Wildman–Crippen MR) is 86.2 cm³/mol. The summed E-state index contributed by atoms with van der Waals surface area (Å²) < 4.78 is 0. The maximum Gasteiger partial charge on any atom is 0.223 e. The van der Waals surface area contributed by atoms with E-state index in [1.807, 2.05) is 0 Å². The zero-order valence-electron chi connectivity index (χ0n) is 13.0. The molecule has 118 valence electrons. The molecule has 1 saturated heterocycles. The third kappa shape index (κ3) is 5.25. The molecule has 1 heterocycles. The molecule has 2 fully saturated rings. The molecule has 0 aromatic heterocycles. The molecule has 1 aliphatic carbocycles. The maximum absolute atomic E-state index is 12.3. The van der Waals surface area contributed by atoms with Gasteiger partial charge in [-0.15, -0.1) is 12.4 Å². The number of carbonyl (C=O) groups is 1. The quantitative estimate of drug-likeness (QED) is 0.837. The Balaban J connectivity index is 0.00000200. The molecule has 0 aromatic rings. The Hall–Kier alpha value is -0.280. The summed E-state index contributed by atoms with van der Waals surface area (Å²) in [5.74, 6) is 1.24. The Labute approximate surface area is 130 Å². The molecule has 2 N–H and O–H groups in total. The third-order valence-corrected chi connectivity index (χ3v) is 4.95. The molecule has 0 radical (unpaired) electrons. The van der Waals surface area contributed by atoms with Crippen LogP contribution in [0, 0.1) is 11.8 Å². The average molecular weight is 303 g/mol. The van der Waals surface area contributed by atoms with Crippen LogP contribution < -0.4 is 10.6 Å². The molecule has 0 spiro atoms. The number of hydrogen-bond donors (Lipinski definition) is 2. The van der Waals surface area contributed by atoms with E-state index >= 15 is 0 Å². The van der Waals surface area contributed by atoms with Gasteiger partial charge in [-0.2, -0.15) is 0 Å². The average Bonchev–Trinajstić information content (AvgIpc) is 2.42. The zero-order chi connectivity index (χ0) is 13.7. The molecule has 3 nitrogen and oxygen atoms in total. The second-order valence-corrected chi connectivity index (χ2v) is 6.64. The van der Waals surface area contributed by atoms with Gasteiger partial charge in [-0.05, 0) is 38.6 Å². The van der Waals surface area contributed by atoms with Crippen LogP contribution in [0.1, 0.15) is 65.2 Å². The molecule has 0 aromatic carbocycles. The summed E-state index contributed by atoms with van der Waals surface area (Å²) in [4.78, 5) is 12.3. The standard InChI is InChI=1S/C16H30N2O.ClH/c1-12(11-14-7-4-3-5-8-14)16(19)18-15-9-6-10-17-13(15)2;/h12-15,17H,3-11H2,1-2H3,(H,18,19);1H. The van der Waals surface area contributed by atoms with E-state index in [1.54, 1.807) is 0 Å². The van der Waals surface area contributed by atoms with Crippen molar-refractivity contribution >= 4 is 18.3 Å². The van der Waals surface area contributed by atoms with Crippen molar-refractivity contribution in [2.24, 2.45) is 11.8 Å². The number of hydrogen-bond acceptors (Lipinski definition) is 2. The molecular weight excluding hydrogens is 272 g/mol. The van der Waals surface area contributed by atoms with E-state index in [9.17, 15) is 4.79 Å². The first-order valence-corrected chi connectivity index (χ1v) is 8.20. The molecule has 1 saturated carbocycles. The van der Waals surface area contributed by atoms with Crippen molar-refractivity contribution in [3.63, 3.8) is 0 Å². The second kappa shape index (κ2) is 8.89. The number of nitrogens with one attached hydrogen (secondary N) is 2. The van der Waals surface area contributed by atoms with E-state index in [0.717, 1.165) is 25.3 Å². The van der Waals surface area contributed by atoms with Crippen molar-refractivity contribution in [2.45, 2.75) is 77.3 Å². The molecule has 3 atom stereocenters. The van der Waals surface area contributed by atoms with Gasteiger partial charge in [0, 0.05) is 18.0 Å². The molecule has 1 amide bonds. The van der Waals surface area contributed by atoms with Gasteiger partial charge in [0.25, 0.3) is 0 Å². The normalized spacial score (nSPS) is 29.3. The second-order valence-electron chi connectivity index (χ2n) is 6.64. The molecule has 20 heavy (non-hydrogen) atoms. The van der Waals surface area contributed by atoms with Gasteiger partial charge < -0.3 is 10.6 Å². The minimum Gasteiger partial charge on any atom is -0.352 e. The first-order chi connectivity index (χ1) is 9.16. The highest BCUT2D eigenvalue weighted by Gasteiger charge is 2.26. The van der Waals surface area contributed by atoms with Gasteiger partial charge in [0.15, 0.2) is 0 Å². The van der Waals surface area contributed by atoms with E-state index < -0.39 is 0 Å². The lowest BCUT2D eigenvalue weighted by atomic mass is 9.83. The van der Waals surface area contributed by atoms with E-state index in [-0.39, 0.29) is 24.2 Å². The van der Waals surface area contributed by atoms with Crippen molar-refractivity contribution in [1.29, 1.82) is 0 Å². The molecule has 0 bridgehead atoms. The maximum atomic E-state index is 12.3. The van der Waals surface area contributed by atoms with Crippen molar-refractivity contribution in [2.75, 3.05) is 6.54 Å². The summed E-state index contributed by atoms with van der Waals surface area (Å²) >= 11 is 0. The largest absolute Gasteiger partial charge is 0.352 e. The monoisotopic (exact) mass is 302 g/mol. The number of halogens is 1. The highest BCUT2D eigenvalue weighted by molar-refractivity contribution is 5.85. The lowest BCUT2D eigenvalue weighted by Crippen LogP contribution is -2.53. The minimum absolute atomic E-state index is 0. The SMILES string of the molecule is CC(CC1CCCCC1)C(=O)NC1CCCNC1C.Cl. The Morgan fingerprint density at radius 2 is 1.90 bits per heavy atom. The Morgan fingerprint density at radius 3 is 2.55 bits per heavy atom. The smallest absolute Gasteiger partial charge is 0.223 e. The fourth-order valence-corrected chi connectivity index (χ4v) is 3.60. The molecule has 2 aliphatic rings. The van der Waals surface area contributed by atoms with Gasteiger partial charge in [-0.3, -0.25) is 4.79 Å². The summed E-state index contributed by atoms with van der Waals surface area (Å²) in [5, 5.41) is 6.70. The number of carbonyl (C=O) groups excluding carboxylic acids is 1. The van der Waals surface area contributed by atoms with Gasteiger partial charge in [0.1, 0.15) is 0 Å². The highest BCUT2D eigenvalue weighted by Crippen LogP contribution is 2.29. The summed E-state index contributed by atoms with van der Waals surface area (Å²) in [7, 11) is 0. The molecule has 2 rings (SSSR count). The van der Waals surface area contributed by atoms with E-state index in [4.69, 9.17) is 0 Å². The molecule has 1 aliphatic heterocycles. The minimum atomic E-state index is 0. The predicted octanol–water partition coefficient (Wildman–Crippen LogP) is 3.27. The number of rotatable bonds is 4. The van der Waals surface area contributed by atoms with Crippen LogP contribution in [0.15, 0.2) is 0 Å². The van der Waals surface area contributed by atoms with Gasteiger partial charge in [-0.25, -0.2) is 0 Å². The van der Waals surface area contributed by atoms with Crippen molar-refractivity contribution in [3.8, 4) is 0 Å². The van der Waals surface area contributed by atoms with Crippen LogP contribution in [0.4, 0.5) is 0 Å². The van der Waals surface area contributed by atoms with Gasteiger partial charge in [0.2, 0.25) is 5.91 Å². The van der Waals surface area contributed by atoms with Crippen LogP contribution in [-0.4, -0.2) is 24.5 Å². The van der Waals surface area contributed by atoms with E-state index in [1.165, 1.54) is 38.5 Å². The zero-order valence-corrected chi connectivity index (χ0v) is 13.8.